The van der Waals surface area contributed by atoms with E-state index in [1.54, 1.807) is 0 Å². The average Bonchev–Trinajstić information content (AvgIpc) is 2.31. The molecule has 1 aromatic rings. The van der Waals surface area contributed by atoms with E-state index in [0.717, 1.165) is 19.2 Å². The molecule has 18 heavy (non-hydrogen) atoms. The summed E-state index contributed by atoms with van der Waals surface area (Å²) in [5.74, 6) is -2.73. The Bertz CT molecular complexity index is 489. The molecule has 0 aliphatic carbocycles. The topological polar surface area (TPSA) is 63.6 Å². The molecular formula is C12H12ClFO4. The summed E-state index contributed by atoms with van der Waals surface area (Å²) in [6.07, 6.45) is -0.173. The SMILES string of the molecule is COC(=O)C(C)(Cc1ccc(F)cc1Cl)C(=O)O. The molecule has 1 aromatic carbocycles. The van der Waals surface area contributed by atoms with Crippen molar-refractivity contribution in [1.82, 2.24) is 0 Å². The van der Waals surface area contributed by atoms with Gasteiger partial charge in [-0.05, 0) is 24.6 Å². The first kappa shape index (κ1) is 14.4. The van der Waals surface area contributed by atoms with Crippen LogP contribution in [0.15, 0.2) is 18.2 Å². The molecule has 1 N–H and O–H groups in total. The van der Waals surface area contributed by atoms with Crippen molar-refractivity contribution in [2.24, 2.45) is 5.41 Å². The molecule has 1 atom stereocenters. The van der Waals surface area contributed by atoms with E-state index in [1.807, 2.05) is 0 Å². The molecule has 0 spiro atoms. The first-order chi connectivity index (χ1) is 8.31. The number of carbonyl (C=O) groups excluding carboxylic acids is 1. The zero-order valence-electron chi connectivity index (χ0n) is 9.87. The second kappa shape index (κ2) is 5.35. The van der Waals surface area contributed by atoms with Crippen LogP contribution in [-0.4, -0.2) is 24.2 Å². The van der Waals surface area contributed by atoms with Crippen LogP contribution in [0.4, 0.5) is 4.39 Å². The standard InChI is InChI=1S/C12H12ClFO4/c1-12(10(15)16,11(17)18-2)6-7-3-4-8(14)5-9(7)13/h3-5H,6H2,1-2H3,(H,15,16). The number of carboxylic acids is 1. The van der Waals surface area contributed by atoms with Gasteiger partial charge in [-0.3, -0.25) is 9.59 Å². The predicted octanol–water partition coefficient (Wildman–Crippen LogP) is 2.29. The van der Waals surface area contributed by atoms with Gasteiger partial charge in [-0.1, -0.05) is 17.7 Å². The van der Waals surface area contributed by atoms with Gasteiger partial charge in [0.1, 0.15) is 5.82 Å². The van der Waals surface area contributed by atoms with Gasteiger partial charge >= 0.3 is 11.9 Å². The summed E-state index contributed by atoms with van der Waals surface area (Å²) in [7, 11) is 1.11. The van der Waals surface area contributed by atoms with Gasteiger partial charge in [0, 0.05) is 11.4 Å². The number of halogens is 2. The van der Waals surface area contributed by atoms with Crippen molar-refractivity contribution in [3.05, 3.63) is 34.6 Å². The Kier molecular flexibility index (Phi) is 4.29. The van der Waals surface area contributed by atoms with E-state index in [0.29, 0.717) is 5.56 Å². The second-order valence-electron chi connectivity index (χ2n) is 4.04. The maximum Gasteiger partial charge on any atom is 0.323 e. The summed E-state index contributed by atoms with van der Waals surface area (Å²) in [6.45, 7) is 1.24. The number of esters is 1. The van der Waals surface area contributed by atoms with Gasteiger partial charge in [0.2, 0.25) is 0 Å². The fourth-order valence-corrected chi connectivity index (χ4v) is 1.74. The molecule has 0 aliphatic rings. The van der Waals surface area contributed by atoms with Gasteiger partial charge in [-0.25, -0.2) is 4.39 Å². The average molecular weight is 275 g/mol. The van der Waals surface area contributed by atoms with Crippen LogP contribution in [0.3, 0.4) is 0 Å². The Balaban J connectivity index is 3.12. The largest absolute Gasteiger partial charge is 0.480 e. The second-order valence-corrected chi connectivity index (χ2v) is 4.45. The summed E-state index contributed by atoms with van der Waals surface area (Å²) in [5.41, 5.74) is -1.38. The molecule has 1 unspecified atom stereocenters. The van der Waals surface area contributed by atoms with Gasteiger partial charge in [-0.2, -0.15) is 0 Å². The van der Waals surface area contributed by atoms with Crippen LogP contribution in [0.2, 0.25) is 5.02 Å². The third kappa shape index (κ3) is 2.79. The van der Waals surface area contributed by atoms with Crippen LogP contribution in [0.25, 0.3) is 0 Å². The molecule has 0 saturated carbocycles. The van der Waals surface area contributed by atoms with Crippen LogP contribution in [0.5, 0.6) is 0 Å². The molecule has 98 valence electrons. The summed E-state index contributed by atoms with van der Waals surface area (Å²) in [4.78, 5) is 22.7. The maximum absolute atomic E-state index is 12.9. The molecule has 0 bridgehead atoms. The van der Waals surface area contributed by atoms with E-state index < -0.39 is 23.2 Å². The van der Waals surface area contributed by atoms with Crippen molar-refractivity contribution in [2.75, 3.05) is 7.11 Å². The number of hydrogen-bond donors (Lipinski definition) is 1. The normalized spacial score (nSPS) is 13.8. The highest BCUT2D eigenvalue weighted by molar-refractivity contribution is 6.31. The Morgan fingerprint density at radius 2 is 2.11 bits per heavy atom. The quantitative estimate of drug-likeness (QED) is 0.676. The molecule has 4 nitrogen and oxygen atoms in total. The summed E-state index contributed by atoms with van der Waals surface area (Å²) in [5, 5.41) is 9.20. The number of ether oxygens (including phenoxy) is 1. The van der Waals surface area contributed by atoms with Crippen LogP contribution >= 0.6 is 11.6 Å². The maximum atomic E-state index is 12.9. The Hall–Kier alpha value is -1.62. The number of hydrogen-bond acceptors (Lipinski definition) is 3. The summed E-state index contributed by atoms with van der Waals surface area (Å²) in [6, 6.07) is 3.57. The van der Waals surface area contributed by atoms with Gasteiger partial charge in [0.05, 0.1) is 7.11 Å². The van der Waals surface area contributed by atoms with Gasteiger partial charge in [0.25, 0.3) is 0 Å². The molecule has 0 amide bonds. The minimum Gasteiger partial charge on any atom is -0.480 e. The number of methoxy groups -OCH3 is 1. The molecule has 0 saturated heterocycles. The van der Waals surface area contributed by atoms with Crippen molar-refractivity contribution in [2.45, 2.75) is 13.3 Å². The fourth-order valence-electron chi connectivity index (χ4n) is 1.51. The molecule has 0 aliphatic heterocycles. The fraction of sp³-hybridized carbons (Fsp3) is 0.333. The number of benzene rings is 1. The third-order valence-corrected chi connectivity index (χ3v) is 3.02. The van der Waals surface area contributed by atoms with Crippen LogP contribution in [-0.2, 0) is 20.7 Å². The molecule has 0 heterocycles. The lowest BCUT2D eigenvalue weighted by Crippen LogP contribution is -2.39. The molecule has 0 fully saturated rings. The Morgan fingerprint density at radius 3 is 2.56 bits per heavy atom. The van der Waals surface area contributed by atoms with Crippen molar-refractivity contribution in [3.8, 4) is 0 Å². The van der Waals surface area contributed by atoms with E-state index in [9.17, 15) is 14.0 Å². The molecule has 0 aromatic heterocycles. The first-order valence-corrected chi connectivity index (χ1v) is 5.45. The lowest BCUT2D eigenvalue weighted by Gasteiger charge is -2.22. The van der Waals surface area contributed by atoms with Crippen molar-refractivity contribution >= 4 is 23.5 Å². The Morgan fingerprint density at radius 1 is 1.50 bits per heavy atom. The number of carbonyl (C=O) groups is 2. The third-order valence-electron chi connectivity index (χ3n) is 2.67. The zero-order chi connectivity index (χ0) is 13.9. The highest BCUT2D eigenvalue weighted by Gasteiger charge is 2.43. The smallest absolute Gasteiger partial charge is 0.323 e. The van der Waals surface area contributed by atoms with Crippen molar-refractivity contribution in [1.29, 1.82) is 0 Å². The Labute approximate surface area is 108 Å². The van der Waals surface area contributed by atoms with E-state index in [4.69, 9.17) is 16.7 Å². The number of aliphatic carboxylic acids is 1. The molecule has 0 radical (unpaired) electrons. The van der Waals surface area contributed by atoms with Crippen molar-refractivity contribution in [3.63, 3.8) is 0 Å². The highest BCUT2D eigenvalue weighted by atomic mass is 35.5. The van der Waals surface area contributed by atoms with Crippen LogP contribution < -0.4 is 0 Å². The van der Waals surface area contributed by atoms with Gasteiger partial charge in [-0.15, -0.1) is 0 Å². The lowest BCUT2D eigenvalue weighted by atomic mass is 9.83. The van der Waals surface area contributed by atoms with E-state index in [2.05, 4.69) is 4.74 Å². The molecule has 1 rings (SSSR count). The van der Waals surface area contributed by atoms with E-state index in [1.165, 1.54) is 13.0 Å². The van der Waals surface area contributed by atoms with Crippen LogP contribution in [0, 0.1) is 11.2 Å². The predicted molar refractivity (Wildman–Crippen MR) is 62.9 cm³/mol. The van der Waals surface area contributed by atoms with Gasteiger partial charge in [0.15, 0.2) is 5.41 Å². The van der Waals surface area contributed by atoms with E-state index >= 15 is 0 Å². The van der Waals surface area contributed by atoms with Crippen molar-refractivity contribution < 1.29 is 23.8 Å². The first-order valence-electron chi connectivity index (χ1n) is 5.07. The summed E-state index contributed by atoms with van der Waals surface area (Å²) >= 11 is 5.80. The lowest BCUT2D eigenvalue weighted by molar-refractivity contribution is -0.165. The van der Waals surface area contributed by atoms with Crippen LogP contribution in [0.1, 0.15) is 12.5 Å². The summed E-state index contributed by atoms with van der Waals surface area (Å²) < 4.78 is 17.3. The monoisotopic (exact) mass is 274 g/mol. The number of rotatable bonds is 4. The minimum atomic E-state index is -1.75. The molecular weight excluding hydrogens is 263 g/mol. The minimum absolute atomic E-state index is 0.0754. The van der Waals surface area contributed by atoms with E-state index in [-0.39, 0.29) is 11.4 Å². The zero-order valence-corrected chi connectivity index (χ0v) is 10.6. The highest BCUT2D eigenvalue weighted by Crippen LogP contribution is 2.29. The number of carboxylic acid groups (broad SMARTS) is 1. The molecule has 6 heteroatoms. The van der Waals surface area contributed by atoms with Gasteiger partial charge < -0.3 is 9.84 Å².